The number of H-pyrrole nitrogens is 1. The van der Waals surface area contributed by atoms with Crippen molar-refractivity contribution in [3.8, 4) is 0 Å². The molecule has 2 aromatic rings. The van der Waals surface area contributed by atoms with Crippen LogP contribution in [-0.4, -0.2) is 41.5 Å². The Kier molecular flexibility index (Phi) is 3.80. The molecule has 0 saturated carbocycles. The molecule has 0 bridgehead atoms. The highest BCUT2D eigenvalue weighted by atomic mass is 15.1. The molecule has 0 spiro atoms. The molecule has 1 aliphatic heterocycles. The summed E-state index contributed by atoms with van der Waals surface area (Å²) in [5.41, 5.74) is 2.19. The Morgan fingerprint density at radius 3 is 3.05 bits per heavy atom. The highest BCUT2D eigenvalue weighted by Gasteiger charge is 2.15. The first-order chi connectivity index (χ1) is 9.31. The van der Waals surface area contributed by atoms with Crippen molar-refractivity contribution in [3.05, 3.63) is 30.1 Å². The summed E-state index contributed by atoms with van der Waals surface area (Å²) < 4.78 is 0. The molecule has 3 rings (SSSR count). The summed E-state index contributed by atoms with van der Waals surface area (Å²) in [6, 6.07) is 8.21. The molecule has 19 heavy (non-hydrogen) atoms. The average molecular weight is 258 g/mol. The number of aromatic amines is 1. The zero-order valence-corrected chi connectivity index (χ0v) is 11.5. The van der Waals surface area contributed by atoms with Crippen molar-refractivity contribution >= 4 is 11.0 Å². The lowest BCUT2D eigenvalue weighted by Gasteiger charge is -2.27. The largest absolute Gasteiger partial charge is 0.341 e. The maximum Gasteiger partial charge on any atom is 0.121 e. The summed E-state index contributed by atoms with van der Waals surface area (Å²) >= 11 is 0. The van der Waals surface area contributed by atoms with Gasteiger partial charge in [0.25, 0.3) is 0 Å². The van der Waals surface area contributed by atoms with Crippen LogP contribution in [0, 0.1) is 5.92 Å². The zero-order chi connectivity index (χ0) is 13.1. The van der Waals surface area contributed by atoms with Crippen molar-refractivity contribution in [1.82, 2.24) is 20.2 Å². The highest BCUT2D eigenvalue weighted by molar-refractivity contribution is 5.74. The second-order valence-electron chi connectivity index (χ2n) is 5.61. The van der Waals surface area contributed by atoms with Gasteiger partial charge in [-0.15, -0.1) is 0 Å². The SMILES string of the molecule is CN(Cc1nc2ccccc2[nH]1)CC1CCCNC1. The number of para-hydroxylation sites is 2. The van der Waals surface area contributed by atoms with Crippen LogP contribution in [0.1, 0.15) is 18.7 Å². The van der Waals surface area contributed by atoms with Gasteiger partial charge in [-0.1, -0.05) is 12.1 Å². The standard InChI is InChI=1S/C15H22N4/c1-19(10-12-5-4-8-16-9-12)11-15-17-13-6-2-3-7-14(13)18-15/h2-3,6-7,12,16H,4-5,8-11H2,1H3,(H,17,18). The van der Waals surface area contributed by atoms with E-state index in [1.54, 1.807) is 0 Å². The molecule has 4 nitrogen and oxygen atoms in total. The van der Waals surface area contributed by atoms with E-state index in [9.17, 15) is 0 Å². The third-order valence-electron chi connectivity index (χ3n) is 3.83. The van der Waals surface area contributed by atoms with Crippen LogP contribution in [0.2, 0.25) is 0 Å². The Labute approximate surface area is 114 Å². The molecule has 1 unspecified atom stereocenters. The molecular weight excluding hydrogens is 236 g/mol. The fraction of sp³-hybridized carbons (Fsp3) is 0.533. The van der Waals surface area contributed by atoms with Crippen molar-refractivity contribution < 1.29 is 0 Å². The maximum absolute atomic E-state index is 4.63. The van der Waals surface area contributed by atoms with Crippen LogP contribution in [0.5, 0.6) is 0 Å². The van der Waals surface area contributed by atoms with Crippen molar-refractivity contribution in [1.29, 1.82) is 0 Å². The van der Waals surface area contributed by atoms with Crippen molar-refractivity contribution in [2.75, 3.05) is 26.7 Å². The Balaban J connectivity index is 1.60. The van der Waals surface area contributed by atoms with Gasteiger partial charge < -0.3 is 10.3 Å². The second kappa shape index (κ2) is 5.72. The minimum atomic E-state index is 0.781. The fourth-order valence-corrected chi connectivity index (χ4v) is 2.92. The third-order valence-corrected chi connectivity index (χ3v) is 3.83. The Morgan fingerprint density at radius 2 is 2.26 bits per heavy atom. The topological polar surface area (TPSA) is 44.0 Å². The van der Waals surface area contributed by atoms with Crippen molar-refractivity contribution in [2.45, 2.75) is 19.4 Å². The minimum Gasteiger partial charge on any atom is -0.341 e. The van der Waals surface area contributed by atoms with Gasteiger partial charge in [0, 0.05) is 6.54 Å². The highest BCUT2D eigenvalue weighted by Crippen LogP contribution is 2.14. The zero-order valence-electron chi connectivity index (χ0n) is 11.5. The number of aromatic nitrogens is 2. The summed E-state index contributed by atoms with van der Waals surface area (Å²) in [7, 11) is 2.18. The lowest BCUT2D eigenvalue weighted by Crippen LogP contribution is -2.36. The van der Waals surface area contributed by atoms with Crippen LogP contribution in [0.4, 0.5) is 0 Å². The van der Waals surface area contributed by atoms with Gasteiger partial charge in [0.05, 0.1) is 17.6 Å². The number of benzene rings is 1. The predicted octanol–water partition coefficient (Wildman–Crippen LogP) is 1.99. The van der Waals surface area contributed by atoms with Crippen LogP contribution in [0.25, 0.3) is 11.0 Å². The predicted molar refractivity (Wildman–Crippen MR) is 78.0 cm³/mol. The number of piperidine rings is 1. The van der Waals surface area contributed by atoms with Gasteiger partial charge in [0.15, 0.2) is 0 Å². The molecule has 1 atom stereocenters. The monoisotopic (exact) mass is 258 g/mol. The first kappa shape index (κ1) is 12.6. The average Bonchev–Trinajstić information content (AvgIpc) is 2.81. The molecule has 0 amide bonds. The van der Waals surface area contributed by atoms with Gasteiger partial charge in [-0.2, -0.15) is 0 Å². The smallest absolute Gasteiger partial charge is 0.121 e. The number of fused-ring (bicyclic) bond motifs is 1. The van der Waals surface area contributed by atoms with E-state index in [-0.39, 0.29) is 0 Å². The van der Waals surface area contributed by atoms with E-state index in [2.05, 4.69) is 39.4 Å². The summed E-state index contributed by atoms with van der Waals surface area (Å²) in [4.78, 5) is 10.4. The van der Waals surface area contributed by atoms with Gasteiger partial charge in [0.1, 0.15) is 5.82 Å². The molecule has 4 heteroatoms. The van der Waals surface area contributed by atoms with E-state index in [0.717, 1.165) is 42.4 Å². The van der Waals surface area contributed by atoms with Gasteiger partial charge in [-0.3, -0.25) is 4.90 Å². The van der Waals surface area contributed by atoms with Gasteiger partial charge in [0.2, 0.25) is 0 Å². The summed E-state index contributed by atoms with van der Waals surface area (Å²) in [5.74, 6) is 1.84. The van der Waals surface area contributed by atoms with Crippen LogP contribution >= 0.6 is 0 Å². The molecule has 2 heterocycles. The molecule has 2 N–H and O–H groups in total. The number of rotatable bonds is 4. The lowest BCUT2D eigenvalue weighted by atomic mass is 9.99. The van der Waals surface area contributed by atoms with E-state index in [0.29, 0.717) is 0 Å². The molecule has 0 radical (unpaired) electrons. The van der Waals surface area contributed by atoms with Gasteiger partial charge >= 0.3 is 0 Å². The van der Waals surface area contributed by atoms with Gasteiger partial charge in [-0.25, -0.2) is 4.98 Å². The summed E-state index contributed by atoms with van der Waals surface area (Å²) in [5, 5.41) is 3.48. The molecular formula is C15H22N4. The number of hydrogen-bond acceptors (Lipinski definition) is 3. The molecule has 1 aromatic heterocycles. The van der Waals surface area contributed by atoms with E-state index in [4.69, 9.17) is 0 Å². The van der Waals surface area contributed by atoms with E-state index < -0.39 is 0 Å². The number of hydrogen-bond donors (Lipinski definition) is 2. The van der Waals surface area contributed by atoms with E-state index in [1.165, 1.54) is 19.4 Å². The molecule has 1 aromatic carbocycles. The quantitative estimate of drug-likeness (QED) is 0.881. The van der Waals surface area contributed by atoms with Crippen LogP contribution in [-0.2, 0) is 6.54 Å². The van der Waals surface area contributed by atoms with Gasteiger partial charge in [-0.05, 0) is 51.0 Å². The molecule has 102 valence electrons. The minimum absolute atomic E-state index is 0.781. The molecule has 1 saturated heterocycles. The maximum atomic E-state index is 4.63. The van der Waals surface area contributed by atoms with E-state index in [1.807, 2.05) is 12.1 Å². The first-order valence-electron chi connectivity index (χ1n) is 7.14. The number of imidazole rings is 1. The number of nitrogens with one attached hydrogen (secondary N) is 2. The lowest BCUT2D eigenvalue weighted by molar-refractivity contribution is 0.234. The Hall–Kier alpha value is -1.39. The van der Waals surface area contributed by atoms with Crippen LogP contribution < -0.4 is 5.32 Å². The number of nitrogens with zero attached hydrogens (tertiary/aromatic N) is 2. The van der Waals surface area contributed by atoms with Crippen molar-refractivity contribution in [3.63, 3.8) is 0 Å². The third kappa shape index (κ3) is 3.14. The van der Waals surface area contributed by atoms with Crippen LogP contribution in [0.15, 0.2) is 24.3 Å². The summed E-state index contributed by atoms with van der Waals surface area (Å²) in [6.07, 6.45) is 2.65. The van der Waals surface area contributed by atoms with E-state index >= 15 is 0 Å². The fourth-order valence-electron chi connectivity index (χ4n) is 2.92. The first-order valence-corrected chi connectivity index (χ1v) is 7.14. The second-order valence-corrected chi connectivity index (χ2v) is 5.61. The molecule has 1 aliphatic rings. The Bertz CT molecular complexity index is 495. The molecule has 0 aliphatic carbocycles. The Morgan fingerprint density at radius 1 is 1.37 bits per heavy atom. The van der Waals surface area contributed by atoms with Crippen molar-refractivity contribution in [2.24, 2.45) is 5.92 Å². The summed E-state index contributed by atoms with van der Waals surface area (Å²) in [6.45, 7) is 4.38. The molecule has 1 fully saturated rings. The van der Waals surface area contributed by atoms with Crippen LogP contribution in [0.3, 0.4) is 0 Å². The normalized spacial score (nSPS) is 20.2.